The molecule has 14 heteroatoms. The Bertz CT molecular complexity index is 599. The summed E-state index contributed by atoms with van der Waals surface area (Å²) in [6.45, 7) is 2.50. The van der Waals surface area contributed by atoms with E-state index in [9.17, 15) is 27.2 Å². The van der Waals surface area contributed by atoms with Crippen LogP contribution in [0.5, 0.6) is 0 Å². The lowest BCUT2D eigenvalue weighted by molar-refractivity contribution is -0.211. The van der Waals surface area contributed by atoms with Crippen molar-refractivity contribution < 1.29 is 45.9 Å². The molecule has 138 valence electrons. The summed E-state index contributed by atoms with van der Waals surface area (Å²) in [6, 6.07) is 0. The van der Waals surface area contributed by atoms with Crippen LogP contribution in [0.2, 0.25) is 0 Å². The predicted octanol–water partition coefficient (Wildman–Crippen LogP) is -0.542. The van der Waals surface area contributed by atoms with Crippen molar-refractivity contribution in [2.45, 2.75) is 31.9 Å². The van der Waals surface area contributed by atoms with Gasteiger partial charge in [-0.05, 0) is 12.8 Å². The molecular formula is C9H20NO10P2S-. The summed E-state index contributed by atoms with van der Waals surface area (Å²) in [5, 5.41) is 1.09. The minimum atomic E-state index is -5.38. The number of carbonyl (C=O) groups excluding carboxylic acids is 1. The molecule has 0 rings (SSSR count). The van der Waals surface area contributed by atoms with Gasteiger partial charge in [-0.3, -0.25) is 18.5 Å². The number of carbonyl (C=O) groups is 1. The van der Waals surface area contributed by atoms with Crippen LogP contribution in [0, 0.1) is 5.92 Å². The van der Waals surface area contributed by atoms with Crippen LogP contribution in [0.1, 0.15) is 26.7 Å². The van der Waals surface area contributed by atoms with Gasteiger partial charge in [-0.2, -0.15) is 8.42 Å². The second kappa shape index (κ2) is 8.68. The third kappa shape index (κ3) is 10.2. The lowest BCUT2D eigenvalue weighted by Crippen LogP contribution is -2.34. The van der Waals surface area contributed by atoms with Crippen molar-refractivity contribution >= 4 is 31.4 Å². The van der Waals surface area contributed by atoms with E-state index in [4.69, 9.17) is 14.3 Å². The van der Waals surface area contributed by atoms with Gasteiger partial charge in [0.2, 0.25) is 5.91 Å². The highest BCUT2D eigenvalue weighted by Gasteiger charge is 2.28. The number of nitrogens with one attached hydrogen (secondary N) is 1. The first kappa shape index (κ1) is 22.7. The third-order valence-electron chi connectivity index (χ3n) is 2.86. The minimum absolute atomic E-state index is 0.103. The molecule has 4 N–H and O–H groups in total. The van der Waals surface area contributed by atoms with E-state index in [1.165, 1.54) is 13.8 Å². The van der Waals surface area contributed by atoms with Gasteiger partial charge >= 0.3 is 7.60 Å². The molecule has 0 radical (unpaired) electrons. The van der Waals surface area contributed by atoms with Crippen LogP contribution in [-0.4, -0.2) is 46.6 Å². The number of phosphoric acid groups is 1. The summed E-state index contributed by atoms with van der Waals surface area (Å²) in [5.41, 5.74) is 0. The number of hydrogen-bond acceptors (Lipinski definition) is 7. The highest BCUT2D eigenvalue weighted by Crippen LogP contribution is 2.54. The van der Waals surface area contributed by atoms with Crippen molar-refractivity contribution in [1.82, 2.24) is 5.32 Å². The molecule has 0 bridgehead atoms. The second-order valence-electron chi connectivity index (χ2n) is 4.88. The first-order valence-corrected chi connectivity index (χ1v) is 11.2. The summed E-state index contributed by atoms with van der Waals surface area (Å²) in [7, 11) is -14.3. The smallest absolute Gasteiger partial charge is 0.336 e. The monoisotopic (exact) mass is 396 g/mol. The first-order chi connectivity index (χ1) is 10.2. The van der Waals surface area contributed by atoms with Gasteiger partial charge < -0.3 is 20.0 Å². The molecule has 0 aromatic rings. The molecule has 0 aliphatic carbocycles. The summed E-state index contributed by atoms with van der Waals surface area (Å²) < 4.78 is 56.3. The van der Waals surface area contributed by atoms with Crippen molar-refractivity contribution in [3.8, 4) is 0 Å². The van der Waals surface area contributed by atoms with Gasteiger partial charge in [0, 0.05) is 12.5 Å². The zero-order valence-electron chi connectivity index (χ0n) is 12.5. The highest BCUT2D eigenvalue weighted by molar-refractivity contribution is 7.86. The molecule has 1 amide bonds. The molecule has 0 heterocycles. The van der Waals surface area contributed by atoms with Gasteiger partial charge in [0.1, 0.15) is 0 Å². The van der Waals surface area contributed by atoms with Crippen LogP contribution < -0.4 is 10.2 Å². The Morgan fingerprint density at radius 3 is 2.26 bits per heavy atom. The maximum atomic E-state index is 11.7. The standard InChI is InChI=1S/C9H21NO10P2S/c1-3-8(23(17,18)19)6-7(2)9(11)10-4-5-21(12,13)20-22(14,15)16/h7-8H,3-6H2,1-2H3,(H,10,11)(H,12,13)(H2,14,15,16)(H,17,18,19)/p-1. The molecule has 0 aliphatic rings. The molecule has 23 heavy (non-hydrogen) atoms. The lowest BCUT2D eigenvalue weighted by atomic mass is 10.0. The molecule has 11 nitrogen and oxygen atoms in total. The number of hydrogen-bond donors (Lipinski definition) is 4. The van der Waals surface area contributed by atoms with Gasteiger partial charge in [-0.15, -0.1) is 0 Å². The van der Waals surface area contributed by atoms with E-state index in [1.807, 2.05) is 0 Å². The molecular weight excluding hydrogens is 376 g/mol. The zero-order chi connectivity index (χ0) is 18.5. The Morgan fingerprint density at radius 1 is 1.35 bits per heavy atom. The van der Waals surface area contributed by atoms with Crippen molar-refractivity contribution in [2.75, 3.05) is 12.7 Å². The number of amides is 1. The normalized spacial score (nSPS) is 20.1. The van der Waals surface area contributed by atoms with Crippen molar-refractivity contribution in [1.29, 1.82) is 0 Å². The van der Waals surface area contributed by atoms with Gasteiger partial charge in [0.25, 0.3) is 17.9 Å². The Kier molecular flexibility index (Phi) is 8.56. The second-order valence-corrected chi connectivity index (χ2v) is 9.89. The summed E-state index contributed by atoms with van der Waals surface area (Å²) in [6.07, 6.45) is -0.819. The Hall–Kier alpha value is -0.320. The first-order valence-electron chi connectivity index (χ1n) is 6.49. The van der Waals surface area contributed by atoms with Crippen LogP contribution in [0.3, 0.4) is 0 Å². The van der Waals surface area contributed by atoms with Crippen LogP contribution in [0.25, 0.3) is 0 Å². The molecule has 0 fully saturated rings. The van der Waals surface area contributed by atoms with E-state index in [2.05, 4.69) is 9.63 Å². The molecule has 0 aliphatic heterocycles. The van der Waals surface area contributed by atoms with E-state index < -0.39 is 55.3 Å². The van der Waals surface area contributed by atoms with E-state index in [-0.39, 0.29) is 12.8 Å². The third-order valence-corrected chi connectivity index (χ3v) is 6.87. The van der Waals surface area contributed by atoms with Crippen LogP contribution >= 0.6 is 15.4 Å². The summed E-state index contributed by atoms with van der Waals surface area (Å²) >= 11 is 0. The molecule has 0 saturated carbocycles. The fraction of sp³-hybridized carbons (Fsp3) is 0.889. The summed E-state index contributed by atoms with van der Waals surface area (Å²) in [5.74, 6) is -1.47. The van der Waals surface area contributed by atoms with Crippen molar-refractivity contribution in [3.63, 3.8) is 0 Å². The highest BCUT2D eigenvalue weighted by atomic mass is 32.2. The fourth-order valence-corrected chi connectivity index (χ4v) is 4.66. The average molecular weight is 396 g/mol. The van der Waals surface area contributed by atoms with Gasteiger partial charge in [0.05, 0.1) is 11.4 Å². The van der Waals surface area contributed by atoms with Crippen LogP contribution in [0.15, 0.2) is 0 Å². The van der Waals surface area contributed by atoms with Gasteiger partial charge in [-0.1, -0.05) is 13.8 Å². The quantitative estimate of drug-likeness (QED) is 0.275. The molecule has 0 aromatic carbocycles. The average Bonchev–Trinajstić information content (AvgIpc) is 2.30. The molecule has 4 unspecified atom stereocenters. The van der Waals surface area contributed by atoms with Crippen molar-refractivity contribution in [3.05, 3.63) is 0 Å². The minimum Gasteiger partial charge on any atom is -0.756 e. The van der Waals surface area contributed by atoms with Crippen LogP contribution in [-0.2, 0) is 28.4 Å². The van der Waals surface area contributed by atoms with Crippen molar-refractivity contribution in [2.24, 2.45) is 5.92 Å². The SMILES string of the molecule is CCC(CC(C)C(=O)NCCP(=O)(O)OP(=O)([O-])O)S(=O)(=O)O. The Labute approximate surface area is 134 Å². The molecule has 4 atom stereocenters. The molecule has 0 spiro atoms. The topological polar surface area (TPSA) is 190 Å². The zero-order valence-corrected chi connectivity index (χ0v) is 15.1. The fourth-order valence-electron chi connectivity index (χ4n) is 1.70. The van der Waals surface area contributed by atoms with E-state index in [1.54, 1.807) is 0 Å². The largest absolute Gasteiger partial charge is 0.756 e. The Morgan fingerprint density at radius 2 is 1.87 bits per heavy atom. The van der Waals surface area contributed by atoms with E-state index in [0.29, 0.717) is 0 Å². The predicted molar refractivity (Wildman–Crippen MR) is 78.0 cm³/mol. The number of rotatable bonds is 10. The maximum absolute atomic E-state index is 11.7. The summed E-state index contributed by atoms with van der Waals surface area (Å²) in [4.78, 5) is 39.5. The van der Waals surface area contributed by atoms with E-state index in [0.717, 1.165) is 0 Å². The maximum Gasteiger partial charge on any atom is 0.336 e. The van der Waals surface area contributed by atoms with Crippen LogP contribution in [0.4, 0.5) is 0 Å². The van der Waals surface area contributed by atoms with Gasteiger partial charge in [0.15, 0.2) is 0 Å². The molecule has 0 aromatic heterocycles. The van der Waals surface area contributed by atoms with E-state index >= 15 is 0 Å². The molecule has 0 saturated heterocycles. The Balaban J connectivity index is 4.45. The van der Waals surface area contributed by atoms with Gasteiger partial charge in [-0.25, -0.2) is 4.31 Å². The lowest BCUT2D eigenvalue weighted by Gasteiger charge is -2.20.